The molecule has 1 aromatic heterocycles. The first-order valence-corrected chi connectivity index (χ1v) is 7.84. The first-order valence-electron chi connectivity index (χ1n) is 7.03. The Morgan fingerprint density at radius 2 is 1.95 bits per heavy atom. The van der Waals surface area contributed by atoms with Crippen LogP contribution >= 0.6 is 11.3 Å². The monoisotopic (exact) mass is 290 g/mol. The number of thiazole rings is 1. The minimum absolute atomic E-state index is 0.0119. The molecule has 20 heavy (non-hydrogen) atoms. The highest BCUT2D eigenvalue weighted by Crippen LogP contribution is 2.38. The molecule has 3 nitrogen and oxygen atoms in total. The van der Waals surface area contributed by atoms with Gasteiger partial charge in [0.25, 0.3) is 0 Å². The van der Waals surface area contributed by atoms with Gasteiger partial charge in [-0.15, -0.1) is 11.3 Å². The molecule has 0 aliphatic rings. The van der Waals surface area contributed by atoms with Crippen LogP contribution in [0.25, 0.3) is 10.6 Å². The predicted molar refractivity (Wildman–Crippen MR) is 85.4 cm³/mol. The van der Waals surface area contributed by atoms with Gasteiger partial charge in [-0.2, -0.15) is 0 Å². The number of benzene rings is 1. The van der Waals surface area contributed by atoms with Crippen molar-refractivity contribution in [2.24, 2.45) is 5.73 Å². The van der Waals surface area contributed by atoms with Crippen molar-refractivity contribution in [2.45, 2.75) is 39.7 Å². The standard InChI is InChI=1S/C16H22N2OS/c1-5-19-13-9-7-6-8-12(13)16-18-14(10(2)3)15(20-16)11(4)17/h6-11H,5,17H2,1-4H3. The molecule has 108 valence electrons. The van der Waals surface area contributed by atoms with E-state index in [9.17, 15) is 0 Å². The maximum Gasteiger partial charge on any atom is 0.129 e. The molecule has 1 atom stereocenters. The van der Waals surface area contributed by atoms with Gasteiger partial charge in [-0.05, 0) is 31.9 Å². The highest BCUT2D eigenvalue weighted by atomic mass is 32.1. The van der Waals surface area contributed by atoms with Crippen LogP contribution in [0, 0.1) is 0 Å². The second-order valence-corrected chi connectivity index (χ2v) is 6.17. The van der Waals surface area contributed by atoms with Crippen LogP contribution in [-0.4, -0.2) is 11.6 Å². The summed E-state index contributed by atoms with van der Waals surface area (Å²) < 4.78 is 5.70. The highest BCUT2D eigenvalue weighted by molar-refractivity contribution is 7.15. The lowest BCUT2D eigenvalue weighted by Gasteiger charge is -2.07. The fourth-order valence-corrected chi connectivity index (χ4v) is 3.33. The molecule has 1 unspecified atom stereocenters. The highest BCUT2D eigenvalue weighted by Gasteiger charge is 2.19. The summed E-state index contributed by atoms with van der Waals surface area (Å²) in [5, 5.41) is 0.991. The lowest BCUT2D eigenvalue weighted by molar-refractivity contribution is 0.341. The maximum absolute atomic E-state index is 6.08. The van der Waals surface area contributed by atoms with Crippen LogP contribution in [-0.2, 0) is 0 Å². The lowest BCUT2D eigenvalue weighted by atomic mass is 10.1. The van der Waals surface area contributed by atoms with Gasteiger partial charge < -0.3 is 10.5 Å². The van der Waals surface area contributed by atoms with E-state index in [0.29, 0.717) is 12.5 Å². The van der Waals surface area contributed by atoms with Gasteiger partial charge >= 0.3 is 0 Å². The van der Waals surface area contributed by atoms with Crippen LogP contribution in [0.5, 0.6) is 5.75 Å². The zero-order valence-electron chi connectivity index (χ0n) is 12.5. The fraction of sp³-hybridized carbons (Fsp3) is 0.438. The van der Waals surface area contributed by atoms with E-state index in [-0.39, 0.29) is 6.04 Å². The molecule has 0 amide bonds. The fourth-order valence-electron chi connectivity index (χ4n) is 2.12. The Hall–Kier alpha value is -1.39. The molecule has 0 aliphatic carbocycles. The minimum Gasteiger partial charge on any atom is -0.493 e. The number of para-hydroxylation sites is 1. The lowest BCUT2D eigenvalue weighted by Crippen LogP contribution is -2.06. The second-order valence-electron chi connectivity index (χ2n) is 5.14. The van der Waals surface area contributed by atoms with Crippen LogP contribution in [0.15, 0.2) is 24.3 Å². The molecule has 0 radical (unpaired) electrons. The third-order valence-electron chi connectivity index (χ3n) is 3.06. The number of hydrogen-bond donors (Lipinski definition) is 1. The second kappa shape index (κ2) is 6.37. The number of nitrogens with zero attached hydrogens (tertiary/aromatic N) is 1. The van der Waals surface area contributed by atoms with Crippen LogP contribution in [0.3, 0.4) is 0 Å². The summed E-state index contributed by atoms with van der Waals surface area (Å²) in [4.78, 5) is 5.97. The van der Waals surface area contributed by atoms with E-state index >= 15 is 0 Å². The summed E-state index contributed by atoms with van der Waals surface area (Å²) in [6, 6.07) is 8.05. The van der Waals surface area contributed by atoms with Gasteiger partial charge in [-0.25, -0.2) is 4.98 Å². The molecule has 0 fully saturated rings. The molecule has 1 aromatic carbocycles. The number of ether oxygens (including phenoxy) is 1. The van der Waals surface area contributed by atoms with Crippen molar-refractivity contribution in [1.29, 1.82) is 0 Å². The molecule has 4 heteroatoms. The van der Waals surface area contributed by atoms with Crippen molar-refractivity contribution in [1.82, 2.24) is 4.98 Å². The van der Waals surface area contributed by atoms with Crippen molar-refractivity contribution in [3.05, 3.63) is 34.8 Å². The van der Waals surface area contributed by atoms with Crippen molar-refractivity contribution < 1.29 is 4.74 Å². The molecular formula is C16H22N2OS. The van der Waals surface area contributed by atoms with E-state index in [0.717, 1.165) is 22.0 Å². The number of nitrogens with two attached hydrogens (primary N) is 1. The molecule has 2 N–H and O–H groups in total. The van der Waals surface area contributed by atoms with Gasteiger partial charge in [-0.3, -0.25) is 0 Å². The van der Waals surface area contributed by atoms with Crippen molar-refractivity contribution in [3.63, 3.8) is 0 Å². The van der Waals surface area contributed by atoms with E-state index < -0.39 is 0 Å². The molecule has 1 heterocycles. The average Bonchev–Trinajstić information content (AvgIpc) is 2.85. The van der Waals surface area contributed by atoms with E-state index in [4.69, 9.17) is 15.5 Å². The molecule has 0 bridgehead atoms. The van der Waals surface area contributed by atoms with Crippen molar-refractivity contribution in [2.75, 3.05) is 6.61 Å². The maximum atomic E-state index is 6.08. The predicted octanol–water partition coefficient (Wildman–Crippen LogP) is 4.35. The smallest absolute Gasteiger partial charge is 0.129 e. The van der Waals surface area contributed by atoms with Crippen LogP contribution in [0.1, 0.15) is 50.2 Å². The van der Waals surface area contributed by atoms with Crippen LogP contribution in [0.4, 0.5) is 0 Å². The van der Waals surface area contributed by atoms with Gasteiger partial charge in [0, 0.05) is 10.9 Å². The number of aromatic nitrogens is 1. The van der Waals surface area contributed by atoms with Crippen LogP contribution < -0.4 is 10.5 Å². The molecule has 0 spiro atoms. The van der Waals surface area contributed by atoms with Gasteiger partial charge in [0.2, 0.25) is 0 Å². The summed E-state index contributed by atoms with van der Waals surface area (Å²) in [5.74, 6) is 1.26. The van der Waals surface area contributed by atoms with Gasteiger partial charge in [0.15, 0.2) is 0 Å². The molecule has 0 saturated heterocycles. The largest absolute Gasteiger partial charge is 0.493 e. The molecule has 0 saturated carbocycles. The summed E-state index contributed by atoms with van der Waals surface area (Å²) in [6.45, 7) is 8.96. The zero-order chi connectivity index (χ0) is 14.7. The van der Waals surface area contributed by atoms with E-state index in [2.05, 4.69) is 19.9 Å². The first-order chi connectivity index (χ1) is 9.54. The Bertz CT molecular complexity index is 550. The third kappa shape index (κ3) is 3.02. The summed E-state index contributed by atoms with van der Waals surface area (Å²) in [6.07, 6.45) is 0. The zero-order valence-corrected chi connectivity index (χ0v) is 13.3. The van der Waals surface area contributed by atoms with Gasteiger partial charge in [0.1, 0.15) is 10.8 Å². The summed E-state index contributed by atoms with van der Waals surface area (Å²) in [7, 11) is 0. The van der Waals surface area contributed by atoms with Crippen LogP contribution in [0.2, 0.25) is 0 Å². The summed E-state index contributed by atoms with van der Waals surface area (Å²) in [5.41, 5.74) is 8.23. The van der Waals surface area contributed by atoms with Crippen molar-refractivity contribution in [3.8, 4) is 16.3 Å². The third-order valence-corrected chi connectivity index (χ3v) is 4.36. The molecule has 2 aromatic rings. The SMILES string of the molecule is CCOc1ccccc1-c1nc(C(C)C)c(C(C)N)s1. The Morgan fingerprint density at radius 3 is 2.50 bits per heavy atom. The Labute approximate surface area is 124 Å². The average molecular weight is 290 g/mol. The van der Waals surface area contributed by atoms with E-state index in [1.165, 1.54) is 4.88 Å². The molecule has 2 rings (SSSR count). The Morgan fingerprint density at radius 1 is 1.25 bits per heavy atom. The Kier molecular flexibility index (Phi) is 4.78. The first kappa shape index (κ1) is 15.0. The van der Waals surface area contributed by atoms with Gasteiger partial charge in [-0.1, -0.05) is 26.0 Å². The number of hydrogen-bond acceptors (Lipinski definition) is 4. The number of rotatable bonds is 5. The molecule has 0 aliphatic heterocycles. The summed E-state index contributed by atoms with van der Waals surface area (Å²) >= 11 is 1.67. The minimum atomic E-state index is 0.0119. The van der Waals surface area contributed by atoms with E-state index in [1.54, 1.807) is 11.3 Å². The topological polar surface area (TPSA) is 48.1 Å². The van der Waals surface area contributed by atoms with Crippen molar-refractivity contribution >= 4 is 11.3 Å². The quantitative estimate of drug-likeness (QED) is 0.890. The molecular weight excluding hydrogens is 268 g/mol. The normalized spacial score (nSPS) is 12.7. The Balaban J connectivity index is 2.51. The van der Waals surface area contributed by atoms with Gasteiger partial charge in [0.05, 0.1) is 17.9 Å². The van der Waals surface area contributed by atoms with E-state index in [1.807, 2.05) is 32.0 Å².